The number of anilines is 1. The van der Waals surface area contributed by atoms with Gasteiger partial charge in [0.05, 0.1) is 10.6 Å². The van der Waals surface area contributed by atoms with E-state index in [0.717, 1.165) is 21.2 Å². The summed E-state index contributed by atoms with van der Waals surface area (Å²) in [6.45, 7) is 0. The zero-order valence-electron chi connectivity index (χ0n) is 6.83. The average Bonchev–Trinajstić information content (AvgIpc) is 2.53. The lowest BCUT2D eigenvalue weighted by molar-refractivity contribution is 1.69. The maximum atomic E-state index is 5.79. The van der Waals surface area contributed by atoms with Crippen molar-refractivity contribution in [2.24, 2.45) is 0 Å². The Morgan fingerprint density at radius 2 is 1.77 bits per heavy atom. The van der Waals surface area contributed by atoms with E-state index in [4.69, 9.17) is 17.3 Å². The van der Waals surface area contributed by atoms with Crippen molar-refractivity contribution >= 4 is 28.6 Å². The first-order valence-electron chi connectivity index (χ1n) is 3.86. The van der Waals surface area contributed by atoms with E-state index in [-0.39, 0.29) is 0 Å². The predicted molar refractivity (Wildman–Crippen MR) is 59.2 cm³/mol. The Labute approximate surface area is 85.8 Å². The molecule has 0 bridgehead atoms. The summed E-state index contributed by atoms with van der Waals surface area (Å²) in [5, 5.41) is 2.73. The van der Waals surface area contributed by atoms with Crippen molar-refractivity contribution in [2.45, 2.75) is 0 Å². The standard InChI is InChI=1S/C10H8ClNS/c11-8-3-1-7(2-4-8)10-9(12)5-6-13-10/h1-6H,12H2. The van der Waals surface area contributed by atoms with E-state index < -0.39 is 0 Å². The van der Waals surface area contributed by atoms with Gasteiger partial charge in [0.25, 0.3) is 0 Å². The van der Waals surface area contributed by atoms with Crippen molar-refractivity contribution in [3.05, 3.63) is 40.7 Å². The van der Waals surface area contributed by atoms with Crippen LogP contribution >= 0.6 is 22.9 Å². The first kappa shape index (κ1) is 8.60. The smallest absolute Gasteiger partial charge is 0.0572 e. The number of hydrogen-bond acceptors (Lipinski definition) is 2. The lowest BCUT2D eigenvalue weighted by Crippen LogP contribution is -1.83. The fourth-order valence-electron chi connectivity index (χ4n) is 1.16. The van der Waals surface area contributed by atoms with Crippen LogP contribution in [0.5, 0.6) is 0 Å². The second-order valence-corrected chi connectivity index (χ2v) is 4.06. The minimum absolute atomic E-state index is 0.749. The van der Waals surface area contributed by atoms with Gasteiger partial charge in [0.15, 0.2) is 0 Å². The molecule has 0 saturated carbocycles. The second kappa shape index (κ2) is 3.40. The third-order valence-electron chi connectivity index (χ3n) is 1.80. The molecule has 2 rings (SSSR count). The van der Waals surface area contributed by atoms with Gasteiger partial charge in [-0.05, 0) is 29.1 Å². The summed E-state index contributed by atoms with van der Waals surface area (Å²) >= 11 is 7.43. The zero-order chi connectivity index (χ0) is 9.26. The quantitative estimate of drug-likeness (QED) is 0.763. The van der Waals surface area contributed by atoms with E-state index in [1.807, 2.05) is 35.7 Å². The number of benzene rings is 1. The van der Waals surface area contributed by atoms with Crippen LogP contribution in [0.15, 0.2) is 35.7 Å². The number of nitrogen functional groups attached to an aromatic ring is 1. The summed E-state index contributed by atoms with van der Waals surface area (Å²) in [6.07, 6.45) is 0. The van der Waals surface area contributed by atoms with Crippen molar-refractivity contribution in [3.63, 3.8) is 0 Å². The Bertz CT molecular complexity index is 405. The van der Waals surface area contributed by atoms with Gasteiger partial charge in [0.1, 0.15) is 0 Å². The van der Waals surface area contributed by atoms with Crippen molar-refractivity contribution in [1.29, 1.82) is 0 Å². The van der Waals surface area contributed by atoms with E-state index in [1.54, 1.807) is 11.3 Å². The molecule has 0 fully saturated rings. The maximum absolute atomic E-state index is 5.79. The van der Waals surface area contributed by atoms with Crippen molar-refractivity contribution in [2.75, 3.05) is 5.73 Å². The van der Waals surface area contributed by atoms with Crippen LogP contribution in [0, 0.1) is 0 Å². The number of thiophene rings is 1. The first-order valence-corrected chi connectivity index (χ1v) is 5.12. The number of rotatable bonds is 1. The normalized spacial score (nSPS) is 10.2. The van der Waals surface area contributed by atoms with Gasteiger partial charge < -0.3 is 5.73 Å². The molecule has 0 aliphatic heterocycles. The molecule has 3 heteroatoms. The molecule has 0 spiro atoms. The highest BCUT2D eigenvalue weighted by Crippen LogP contribution is 2.31. The van der Waals surface area contributed by atoms with Crippen molar-refractivity contribution in [1.82, 2.24) is 0 Å². The molecule has 0 radical (unpaired) electrons. The molecule has 0 aliphatic carbocycles. The van der Waals surface area contributed by atoms with E-state index >= 15 is 0 Å². The third kappa shape index (κ3) is 1.69. The molecule has 13 heavy (non-hydrogen) atoms. The summed E-state index contributed by atoms with van der Waals surface area (Å²) in [5.41, 5.74) is 7.74. The SMILES string of the molecule is Nc1ccsc1-c1ccc(Cl)cc1. The molecule has 1 aromatic carbocycles. The largest absolute Gasteiger partial charge is 0.398 e. The Balaban J connectivity index is 2.47. The minimum atomic E-state index is 0.749. The molecule has 2 aromatic rings. The van der Waals surface area contributed by atoms with E-state index in [2.05, 4.69) is 0 Å². The summed E-state index contributed by atoms with van der Waals surface area (Å²) in [5.74, 6) is 0. The van der Waals surface area contributed by atoms with E-state index in [9.17, 15) is 0 Å². The van der Waals surface area contributed by atoms with E-state index in [0.29, 0.717) is 0 Å². The Hall–Kier alpha value is -0.990. The first-order chi connectivity index (χ1) is 6.27. The highest BCUT2D eigenvalue weighted by atomic mass is 35.5. The van der Waals surface area contributed by atoms with Crippen molar-refractivity contribution in [3.8, 4) is 10.4 Å². The molecule has 0 saturated heterocycles. The summed E-state index contributed by atoms with van der Waals surface area (Å²) in [6, 6.07) is 9.61. The van der Waals surface area contributed by atoms with Gasteiger partial charge in [0, 0.05) is 5.02 Å². The maximum Gasteiger partial charge on any atom is 0.0572 e. The summed E-state index contributed by atoms with van der Waals surface area (Å²) < 4.78 is 0. The fraction of sp³-hybridized carbons (Fsp3) is 0. The van der Waals surface area contributed by atoms with Gasteiger partial charge in [-0.2, -0.15) is 0 Å². The Morgan fingerprint density at radius 3 is 2.31 bits per heavy atom. The van der Waals surface area contributed by atoms with Gasteiger partial charge in [-0.1, -0.05) is 23.7 Å². The number of halogens is 1. The average molecular weight is 210 g/mol. The molecule has 0 atom stereocenters. The van der Waals surface area contributed by atoms with Gasteiger partial charge >= 0.3 is 0 Å². The fourth-order valence-corrected chi connectivity index (χ4v) is 2.11. The third-order valence-corrected chi connectivity index (χ3v) is 3.03. The summed E-state index contributed by atoms with van der Waals surface area (Å²) in [4.78, 5) is 1.11. The van der Waals surface area contributed by atoms with Crippen LogP contribution in [-0.2, 0) is 0 Å². The topological polar surface area (TPSA) is 26.0 Å². The lowest BCUT2D eigenvalue weighted by atomic mass is 10.2. The van der Waals surface area contributed by atoms with Crippen LogP contribution in [0.3, 0.4) is 0 Å². The van der Waals surface area contributed by atoms with Gasteiger partial charge in [-0.15, -0.1) is 11.3 Å². The molecule has 1 heterocycles. The Morgan fingerprint density at radius 1 is 1.08 bits per heavy atom. The highest BCUT2D eigenvalue weighted by Gasteiger charge is 2.02. The monoisotopic (exact) mass is 209 g/mol. The summed E-state index contributed by atoms with van der Waals surface area (Å²) in [7, 11) is 0. The van der Waals surface area contributed by atoms with Crippen LogP contribution in [0.1, 0.15) is 0 Å². The predicted octanol–water partition coefficient (Wildman–Crippen LogP) is 3.65. The molecule has 0 amide bonds. The molecule has 1 aromatic heterocycles. The van der Waals surface area contributed by atoms with Crippen molar-refractivity contribution < 1.29 is 0 Å². The molecule has 66 valence electrons. The molecule has 1 nitrogen and oxygen atoms in total. The van der Waals surface area contributed by atoms with Gasteiger partial charge in [-0.25, -0.2) is 0 Å². The molecular formula is C10H8ClNS. The van der Waals surface area contributed by atoms with Crippen LogP contribution in [0.4, 0.5) is 5.69 Å². The number of hydrogen-bond donors (Lipinski definition) is 1. The zero-order valence-corrected chi connectivity index (χ0v) is 8.40. The van der Waals surface area contributed by atoms with Crippen LogP contribution < -0.4 is 5.73 Å². The molecular weight excluding hydrogens is 202 g/mol. The molecule has 0 unspecified atom stereocenters. The highest BCUT2D eigenvalue weighted by molar-refractivity contribution is 7.14. The minimum Gasteiger partial charge on any atom is -0.398 e. The van der Waals surface area contributed by atoms with Gasteiger partial charge in [0.2, 0.25) is 0 Å². The van der Waals surface area contributed by atoms with E-state index in [1.165, 1.54) is 0 Å². The number of nitrogens with two attached hydrogens (primary N) is 1. The Kier molecular flexibility index (Phi) is 2.25. The molecule has 0 aliphatic rings. The van der Waals surface area contributed by atoms with Crippen LogP contribution in [0.2, 0.25) is 5.02 Å². The molecule has 2 N–H and O–H groups in total. The second-order valence-electron chi connectivity index (χ2n) is 2.71. The van der Waals surface area contributed by atoms with Gasteiger partial charge in [-0.3, -0.25) is 0 Å². The lowest BCUT2D eigenvalue weighted by Gasteiger charge is -1.98. The van der Waals surface area contributed by atoms with Crippen LogP contribution in [-0.4, -0.2) is 0 Å². The van der Waals surface area contributed by atoms with Crippen LogP contribution in [0.25, 0.3) is 10.4 Å².